The molecule has 0 unspecified atom stereocenters. The first-order valence-electron chi connectivity index (χ1n) is 3.85. The van der Waals surface area contributed by atoms with Crippen LogP contribution in [0.5, 0.6) is 0 Å². The Kier molecular flexibility index (Phi) is 7.40. The van der Waals surface area contributed by atoms with Crippen LogP contribution in [-0.2, 0) is 4.74 Å². The summed E-state index contributed by atoms with van der Waals surface area (Å²) < 4.78 is 4.77. The van der Waals surface area contributed by atoms with E-state index in [2.05, 4.69) is 5.32 Å². The van der Waals surface area contributed by atoms with Crippen molar-refractivity contribution in [2.75, 3.05) is 13.2 Å². The predicted octanol–water partition coefficient (Wildman–Crippen LogP) is 2.32. The third-order valence-corrected chi connectivity index (χ3v) is 1.44. The van der Waals surface area contributed by atoms with Crippen molar-refractivity contribution >= 4 is 29.3 Å². The largest absolute Gasteiger partial charge is 0.450 e. The highest BCUT2D eigenvalue weighted by atomic mass is 35.5. The molecule has 0 rings (SSSR count). The summed E-state index contributed by atoms with van der Waals surface area (Å²) in [4.78, 5) is 10.2. The van der Waals surface area contributed by atoms with Crippen molar-refractivity contribution in [3.05, 3.63) is 0 Å². The van der Waals surface area contributed by atoms with Crippen molar-refractivity contribution in [3.8, 4) is 0 Å². The normalized spacial score (nSPS) is 10.0. The molecular weight excluding hydrogens is 201 g/mol. The van der Waals surface area contributed by atoms with Crippen LogP contribution in [0.1, 0.15) is 19.8 Å². The van der Waals surface area contributed by atoms with Gasteiger partial charge >= 0.3 is 6.09 Å². The van der Waals surface area contributed by atoms with Crippen LogP contribution in [0.25, 0.3) is 0 Å². The summed E-state index contributed by atoms with van der Waals surface area (Å²) in [6.07, 6.45) is 1.41. The lowest BCUT2D eigenvalue weighted by Gasteiger charge is -2.05. The Bertz CT molecular complexity index is 131. The molecule has 0 aliphatic rings. The molecule has 0 aromatic carbocycles. The van der Waals surface area contributed by atoms with Gasteiger partial charge in [-0.3, -0.25) is 0 Å². The summed E-state index contributed by atoms with van der Waals surface area (Å²) in [5.41, 5.74) is 0. The van der Waals surface area contributed by atoms with E-state index in [9.17, 15) is 4.79 Å². The summed E-state index contributed by atoms with van der Waals surface area (Å²) >= 11 is 10.8. The van der Waals surface area contributed by atoms with Crippen LogP contribution in [0.15, 0.2) is 0 Å². The number of ether oxygens (including phenoxy) is 1. The van der Waals surface area contributed by atoms with Crippen molar-refractivity contribution < 1.29 is 9.53 Å². The van der Waals surface area contributed by atoms with Gasteiger partial charge in [0.2, 0.25) is 0 Å². The van der Waals surface area contributed by atoms with Gasteiger partial charge in [0.25, 0.3) is 0 Å². The van der Waals surface area contributed by atoms with E-state index in [4.69, 9.17) is 27.9 Å². The Labute approximate surface area is 82.4 Å². The number of nitrogens with one attached hydrogen (secondary N) is 1. The molecule has 0 aliphatic heterocycles. The fraction of sp³-hybridized carbons (Fsp3) is 0.857. The second-order valence-electron chi connectivity index (χ2n) is 2.26. The topological polar surface area (TPSA) is 38.3 Å². The van der Waals surface area contributed by atoms with E-state index in [1.54, 1.807) is 0 Å². The molecule has 3 nitrogen and oxygen atoms in total. The molecule has 1 N–H and O–H groups in total. The van der Waals surface area contributed by atoms with E-state index in [0.29, 0.717) is 6.61 Å². The zero-order valence-electron chi connectivity index (χ0n) is 6.98. The van der Waals surface area contributed by atoms with E-state index >= 15 is 0 Å². The average Bonchev–Trinajstić information content (AvgIpc) is 2.01. The van der Waals surface area contributed by atoms with Crippen molar-refractivity contribution in [1.82, 2.24) is 5.32 Å². The molecule has 0 saturated heterocycles. The van der Waals surface area contributed by atoms with E-state index in [-0.39, 0.29) is 6.54 Å². The van der Waals surface area contributed by atoms with Gasteiger partial charge in [0.1, 0.15) is 4.84 Å². The number of rotatable bonds is 5. The van der Waals surface area contributed by atoms with Crippen molar-refractivity contribution in [2.24, 2.45) is 0 Å². The van der Waals surface area contributed by atoms with Crippen LogP contribution in [0.4, 0.5) is 4.79 Å². The number of unbranched alkanes of at least 4 members (excludes halogenated alkanes) is 1. The molecular formula is C7H13Cl2NO2. The fourth-order valence-corrected chi connectivity index (χ4v) is 0.675. The van der Waals surface area contributed by atoms with Gasteiger partial charge in [-0.15, -0.1) is 23.2 Å². The van der Waals surface area contributed by atoms with Gasteiger partial charge in [-0.05, 0) is 6.42 Å². The first-order valence-corrected chi connectivity index (χ1v) is 4.73. The molecule has 0 bridgehead atoms. The molecule has 12 heavy (non-hydrogen) atoms. The predicted molar refractivity (Wildman–Crippen MR) is 49.8 cm³/mol. The van der Waals surface area contributed by atoms with Gasteiger partial charge < -0.3 is 10.1 Å². The Morgan fingerprint density at radius 2 is 2.25 bits per heavy atom. The zero-order chi connectivity index (χ0) is 9.40. The Morgan fingerprint density at radius 1 is 1.58 bits per heavy atom. The van der Waals surface area contributed by atoms with Gasteiger partial charge in [-0.1, -0.05) is 13.3 Å². The van der Waals surface area contributed by atoms with E-state index in [1.807, 2.05) is 6.92 Å². The zero-order valence-corrected chi connectivity index (χ0v) is 8.49. The Morgan fingerprint density at radius 3 is 2.75 bits per heavy atom. The number of alkyl halides is 2. The fourth-order valence-electron chi connectivity index (χ4n) is 0.521. The number of alkyl carbamates (subject to hydrolysis) is 1. The van der Waals surface area contributed by atoms with Gasteiger partial charge in [-0.2, -0.15) is 0 Å². The highest BCUT2D eigenvalue weighted by Gasteiger charge is 2.03. The maximum atomic E-state index is 10.8. The van der Waals surface area contributed by atoms with Gasteiger partial charge in [0, 0.05) is 0 Å². The summed E-state index contributed by atoms with van der Waals surface area (Å²) in [6.45, 7) is 2.68. The summed E-state index contributed by atoms with van der Waals surface area (Å²) in [5, 5.41) is 2.42. The molecule has 0 fully saturated rings. The molecule has 0 saturated carbocycles. The SMILES string of the molecule is CCCCOC(=O)NCC(Cl)Cl. The minimum Gasteiger partial charge on any atom is -0.450 e. The summed E-state index contributed by atoms with van der Waals surface area (Å²) in [6, 6.07) is 0. The van der Waals surface area contributed by atoms with Crippen molar-refractivity contribution in [1.29, 1.82) is 0 Å². The Hall–Kier alpha value is -0.150. The van der Waals surface area contributed by atoms with Crippen molar-refractivity contribution in [3.63, 3.8) is 0 Å². The quantitative estimate of drug-likeness (QED) is 0.563. The van der Waals surface area contributed by atoms with Gasteiger partial charge in [0.05, 0.1) is 13.2 Å². The number of halogens is 2. The van der Waals surface area contributed by atoms with Gasteiger partial charge in [-0.25, -0.2) is 4.79 Å². The van der Waals surface area contributed by atoms with E-state index in [0.717, 1.165) is 12.8 Å². The standard InChI is InChI=1S/C7H13Cl2NO2/c1-2-3-4-12-7(11)10-5-6(8)9/h6H,2-5H2,1H3,(H,10,11). The number of carbonyl (C=O) groups is 1. The molecule has 0 aromatic rings. The monoisotopic (exact) mass is 213 g/mol. The highest BCUT2D eigenvalue weighted by molar-refractivity contribution is 6.44. The lowest BCUT2D eigenvalue weighted by molar-refractivity contribution is 0.145. The number of hydrogen-bond donors (Lipinski definition) is 1. The molecule has 0 radical (unpaired) electrons. The van der Waals surface area contributed by atoms with Crippen molar-refractivity contribution in [2.45, 2.75) is 24.6 Å². The van der Waals surface area contributed by atoms with Crippen LogP contribution < -0.4 is 5.32 Å². The highest BCUT2D eigenvalue weighted by Crippen LogP contribution is 1.98. The number of carbonyl (C=O) groups excluding carboxylic acids is 1. The molecule has 0 aliphatic carbocycles. The van der Waals surface area contributed by atoms with Crippen LogP contribution in [0, 0.1) is 0 Å². The molecule has 0 aromatic heterocycles. The number of amides is 1. The first-order chi connectivity index (χ1) is 5.66. The maximum absolute atomic E-state index is 10.8. The molecule has 5 heteroatoms. The maximum Gasteiger partial charge on any atom is 0.407 e. The third-order valence-electron chi connectivity index (χ3n) is 1.13. The minimum atomic E-state index is -0.580. The second-order valence-corrected chi connectivity index (χ2v) is 3.54. The summed E-state index contributed by atoms with van der Waals surface area (Å²) in [5.74, 6) is 0. The molecule has 72 valence electrons. The smallest absolute Gasteiger partial charge is 0.407 e. The molecule has 1 amide bonds. The summed E-state index contributed by atoms with van der Waals surface area (Å²) in [7, 11) is 0. The molecule has 0 heterocycles. The molecule has 0 atom stereocenters. The van der Waals surface area contributed by atoms with Crippen LogP contribution in [-0.4, -0.2) is 24.1 Å². The third kappa shape index (κ3) is 7.95. The van der Waals surface area contributed by atoms with Crippen LogP contribution >= 0.6 is 23.2 Å². The minimum absolute atomic E-state index is 0.216. The number of hydrogen-bond acceptors (Lipinski definition) is 2. The van der Waals surface area contributed by atoms with Crippen LogP contribution in [0.3, 0.4) is 0 Å². The van der Waals surface area contributed by atoms with Gasteiger partial charge in [0.15, 0.2) is 0 Å². The second kappa shape index (κ2) is 7.50. The lowest BCUT2D eigenvalue weighted by atomic mass is 10.4. The molecule has 0 spiro atoms. The lowest BCUT2D eigenvalue weighted by Crippen LogP contribution is -2.28. The van der Waals surface area contributed by atoms with Crippen LogP contribution in [0.2, 0.25) is 0 Å². The van der Waals surface area contributed by atoms with E-state index in [1.165, 1.54) is 0 Å². The average molecular weight is 214 g/mol. The van der Waals surface area contributed by atoms with E-state index < -0.39 is 10.9 Å². The first kappa shape index (κ1) is 11.8. The Balaban J connectivity index is 3.22.